The maximum absolute atomic E-state index is 12.9. The van der Waals surface area contributed by atoms with Gasteiger partial charge in [0.15, 0.2) is 5.82 Å². The molecule has 0 radical (unpaired) electrons. The smallest absolute Gasteiger partial charge is 0.210 e. The number of halogens is 2. The molecule has 3 aromatic rings. The second-order valence-corrected chi connectivity index (χ2v) is 5.87. The van der Waals surface area contributed by atoms with E-state index in [9.17, 15) is 8.78 Å². The number of thioether (sulfide) groups is 1. The fourth-order valence-corrected chi connectivity index (χ4v) is 2.74. The first kappa shape index (κ1) is 16.3. The van der Waals surface area contributed by atoms with Gasteiger partial charge in [0.2, 0.25) is 5.16 Å². The third-order valence-electron chi connectivity index (χ3n) is 3.20. The summed E-state index contributed by atoms with van der Waals surface area (Å²) in [4.78, 5) is 0. The number of nitrogens with zero attached hydrogens (tertiary/aromatic N) is 3. The van der Waals surface area contributed by atoms with E-state index in [1.54, 1.807) is 12.1 Å². The molecule has 2 N–H and O–H groups in total. The summed E-state index contributed by atoms with van der Waals surface area (Å²) < 4.78 is 32.6. The Bertz CT molecular complexity index is 739. The van der Waals surface area contributed by atoms with Crippen molar-refractivity contribution in [3.05, 3.63) is 71.6 Å². The van der Waals surface area contributed by atoms with E-state index in [2.05, 4.69) is 10.2 Å². The van der Waals surface area contributed by atoms with E-state index in [4.69, 9.17) is 10.6 Å². The fourth-order valence-electron chi connectivity index (χ4n) is 1.91. The van der Waals surface area contributed by atoms with E-state index < -0.39 is 0 Å². The molecule has 124 valence electrons. The zero-order valence-electron chi connectivity index (χ0n) is 12.5. The van der Waals surface area contributed by atoms with Crippen LogP contribution in [0.5, 0.6) is 5.75 Å². The van der Waals surface area contributed by atoms with E-state index in [1.165, 1.54) is 52.8 Å². The van der Waals surface area contributed by atoms with E-state index in [0.717, 1.165) is 5.56 Å². The lowest BCUT2D eigenvalue weighted by molar-refractivity contribution is 0.291. The molecule has 1 heterocycles. The molecule has 2 aromatic carbocycles. The molecule has 0 aliphatic rings. The summed E-state index contributed by atoms with van der Waals surface area (Å²) in [5.41, 5.74) is 0.952. The first-order valence-corrected chi connectivity index (χ1v) is 8.05. The molecule has 0 atom stereocenters. The van der Waals surface area contributed by atoms with Gasteiger partial charge < -0.3 is 10.6 Å². The lowest BCUT2D eigenvalue weighted by atomic mass is 10.2. The fraction of sp³-hybridized carbons (Fsp3) is 0.125. The SMILES string of the molecule is Nn1c(COc2ccc(F)cc2)nnc1SCc1ccc(F)cc1. The van der Waals surface area contributed by atoms with Crippen LogP contribution < -0.4 is 10.6 Å². The predicted molar refractivity (Wildman–Crippen MR) is 86.9 cm³/mol. The van der Waals surface area contributed by atoms with Crippen molar-refractivity contribution in [2.45, 2.75) is 17.5 Å². The average Bonchev–Trinajstić information content (AvgIpc) is 2.94. The van der Waals surface area contributed by atoms with Gasteiger partial charge >= 0.3 is 0 Å². The zero-order chi connectivity index (χ0) is 16.9. The van der Waals surface area contributed by atoms with Crippen LogP contribution in [-0.2, 0) is 12.4 Å². The molecule has 0 bridgehead atoms. The summed E-state index contributed by atoms with van der Waals surface area (Å²) in [6.45, 7) is 0.117. The number of ether oxygens (including phenoxy) is 1. The lowest BCUT2D eigenvalue weighted by Gasteiger charge is -2.06. The van der Waals surface area contributed by atoms with Crippen molar-refractivity contribution in [2.24, 2.45) is 0 Å². The molecule has 0 saturated carbocycles. The van der Waals surface area contributed by atoms with Gasteiger partial charge in [-0.1, -0.05) is 23.9 Å². The van der Waals surface area contributed by atoms with Crippen molar-refractivity contribution in [3.63, 3.8) is 0 Å². The van der Waals surface area contributed by atoms with E-state index in [1.807, 2.05) is 0 Å². The molecule has 0 unspecified atom stereocenters. The third-order valence-corrected chi connectivity index (χ3v) is 4.21. The van der Waals surface area contributed by atoms with Crippen molar-refractivity contribution >= 4 is 11.8 Å². The maximum Gasteiger partial charge on any atom is 0.210 e. The van der Waals surface area contributed by atoms with Crippen LogP contribution in [0.4, 0.5) is 8.78 Å². The van der Waals surface area contributed by atoms with Crippen molar-refractivity contribution in [1.29, 1.82) is 0 Å². The molecule has 0 saturated heterocycles. The molecule has 5 nitrogen and oxygen atoms in total. The normalized spacial score (nSPS) is 10.8. The second-order valence-electron chi connectivity index (χ2n) is 4.93. The summed E-state index contributed by atoms with van der Waals surface area (Å²) in [5, 5.41) is 8.52. The molecule has 24 heavy (non-hydrogen) atoms. The first-order valence-electron chi connectivity index (χ1n) is 7.07. The summed E-state index contributed by atoms with van der Waals surface area (Å²) in [6, 6.07) is 11.9. The number of hydrogen-bond acceptors (Lipinski definition) is 5. The maximum atomic E-state index is 12.9. The van der Waals surface area contributed by atoms with Gasteiger partial charge in [-0.05, 0) is 42.0 Å². The second kappa shape index (κ2) is 7.31. The van der Waals surface area contributed by atoms with Crippen LogP contribution in [-0.4, -0.2) is 14.9 Å². The number of nitrogens with two attached hydrogens (primary N) is 1. The molecular formula is C16H14F2N4OS. The van der Waals surface area contributed by atoms with Gasteiger partial charge in [0.25, 0.3) is 0 Å². The Morgan fingerprint density at radius 2 is 1.58 bits per heavy atom. The monoisotopic (exact) mass is 348 g/mol. The standard InChI is InChI=1S/C16H14F2N4OS/c17-12-3-1-11(2-4-12)10-24-16-21-20-15(22(16)19)9-23-14-7-5-13(18)6-8-14/h1-8H,9-10,19H2. The van der Waals surface area contributed by atoms with Crippen LogP contribution in [0, 0.1) is 11.6 Å². The highest BCUT2D eigenvalue weighted by atomic mass is 32.2. The number of benzene rings is 2. The lowest BCUT2D eigenvalue weighted by Crippen LogP contribution is -2.15. The summed E-state index contributed by atoms with van der Waals surface area (Å²) in [6.07, 6.45) is 0. The first-order chi connectivity index (χ1) is 11.6. The Labute approximate surface area is 141 Å². The minimum atomic E-state index is -0.330. The van der Waals surface area contributed by atoms with Gasteiger partial charge in [0.05, 0.1) is 0 Å². The van der Waals surface area contributed by atoms with Crippen LogP contribution in [0.3, 0.4) is 0 Å². The van der Waals surface area contributed by atoms with Gasteiger partial charge in [-0.25, -0.2) is 13.5 Å². The van der Waals surface area contributed by atoms with Gasteiger partial charge in [0, 0.05) is 5.75 Å². The number of hydrogen-bond donors (Lipinski definition) is 1. The quantitative estimate of drug-likeness (QED) is 0.548. The van der Waals surface area contributed by atoms with Crippen LogP contribution >= 0.6 is 11.8 Å². The largest absolute Gasteiger partial charge is 0.486 e. The topological polar surface area (TPSA) is 66.0 Å². The molecular weight excluding hydrogens is 334 g/mol. The van der Waals surface area contributed by atoms with E-state index in [0.29, 0.717) is 22.5 Å². The molecule has 0 aliphatic carbocycles. The molecule has 0 amide bonds. The Kier molecular flexibility index (Phi) is 4.95. The Morgan fingerprint density at radius 3 is 2.25 bits per heavy atom. The third kappa shape index (κ3) is 4.02. The Hall–Kier alpha value is -2.61. The number of aromatic nitrogens is 3. The highest BCUT2D eigenvalue weighted by molar-refractivity contribution is 7.98. The molecule has 0 spiro atoms. The van der Waals surface area contributed by atoms with Crippen molar-refractivity contribution in [1.82, 2.24) is 14.9 Å². The van der Waals surface area contributed by atoms with Crippen LogP contribution in [0.15, 0.2) is 53.7 Å². The molecule has 0 fully saturated rings. The minimum absolute atomic E-state index is 0.117. The Balaban J connectivity index is 1.58. The van der Waals surface area contributed by atoms with Crippen LogP contribution in [0.25, 0.3) is 0 Å². The summed E-state index contributed by atoms with van der Waals surface area (Å²) in [5.74, 6) is 6.90. The summed E-state index contributed by atoms with van der Waals surface area (Å²) >= 11 is 1.39. The zero-order valence-corrected chi connectivity index (χ0v) is 13.3. The molecule has 3 rings (SSSR count). The van der Waals surface area contributed by atoms with Crippen molar-refractivity contribution in [3.8, 4) is 5.75 Å². The Morgan fingerprint density at radius 1 is 0.958 bits per heavy atom. The van der Waals surface area contributed by atoms with Gasteiger partial charge in [-0.3, -0.25) is 0 Å². The van der Waals surface area contributed by atoms with Gasteiger partial charge in [-0.2, -0.15) is 0 Å². The van der Waals surface area contributed by atoms with E-state index in [-0.39, 0.29) is 18.2 Å². The van der Waals surface area contributed by atoms with Crippen molar-refractivity contribution in [2.75, 3.05) is 5.84 Å². The number of rotatable bonds is 6. The highest BCUT2D eigenvalue weighted by Crippen LogP contribution is 2.21. The predicted octanol–water partition coefficient (Wildman–Crippen LogP) is 3.14. The summed E-state index contributed by atoms with van der Waals surface area (Å²) in [7, 11) is 0. The van der Waals surface area contributed by atoms with Crippen molar-refractivity contribution < 1.29 is 13.5 Å². The average molecular weight is 348 g/mol. The van der Waals surface area contributed by atoms with Gasteiger partial charge in [0.1, 0.15) is 24.0 Å². The molecule has 1 aromatic heterocycles. The van der Waals surface area contributed by atoms with E-state index >= 15 is 0 Å². The molecule has 0 aliphatic heterocycles. The van der Waals surface area contributed by atoms with Gasteiger partial charge in [-0.15, -0.1) is 10.2 Å². The van der Waals surface area contributed by atoms with Crippen LogP contribution in [0.1, 0.15) is 11.4 Å². The minimum Gasteiger partial charge on any atom is -0.486 e. The van der Waals surface area contributed by atoms with Crippen LogP contribution in [0.2, 0.25) is 0 Å². The number of nitrogen functional groups attached to an aromatic ring is 1. The highest BCUT2D eigenvalue weighted by Gasteiger charge is 2.11. The molecule has 8 heteroatoms.